The van der Waals surface area contributed by atoms with Crippen LogP contribution in [0.4, 0.5) is 4.79 Å². The smallest absolute Gasteiger partial charge is 0.413 e. The van der Waals surface area contributed by atoms with Crippen LogP contribution in [0, 0.1) is 0 Å². The highest BCUT2D eigenvalue weighted by atomic mass is 16.5. The summed E-state index contributed by atoms with van der Waals surface area (Å²) in [5.74, 6) is 0.418. The molecule has 0 spiro atoms. The number of aliphatic imine (C=N–C) groups is 1. The lowest BCUT2D eigenvalue weighted by atomic mass is 10.0. The maximum absolute atomic E-state index is 11.3. The van der Waals surface area contributed by atoms with Crippen molar-refractivity contribution in [2.75, 3.05) is 20.2 Å². The van der Waals surface area contributed by atoms with E-state index in [4.69, 9.17) is 0 Å². The molecule has 0 aromatic heterocycles. The standard InChI is InChI=1S/C13H17N3O4/c1-3-16-10(7-14-12(16)15-13(19)20-2)9-5-4-8(17)6-11(9)18/h4-6,10,17-18H,3,7H2,1-2H3,(H,14,15,19). The highest BCUT2D eigenvalue weighted by Crippen LogP contribution is 2.33. The van der Waals surface area contributed by atoms with Crippen molar-refractivity contribution in [1.29, 1.82) is 0 Å². The third-order valence-electron chi connectivity index (χ3n) is 3.18. The minimum absolute atomic E-state index is 0.00104. The van der Waals surface area contributed by atoms with E-state index in [9.17, 15) is 15.0 Å². The minimum Gasteiger partial charge on any atom is -0.508 e. The summed E-state index contributed by atoms with van der Waals surface area (Å²) in [6.45, 7) is 2.93. The van der Waals surface area contributed by atoms with Crippen LogP contribution in [0.2, 0.25) is 0 Å². The lowest BCUT2D eigenvalue weighted by molar-refractivity contribution is 0.175. The Bertz CT molecular complexity index is 544. The van der Waals surface area contributed by atoms with E-state index in [0.29, 0.717) is 24.6 Å². The second kappa shape index (κ2) is 5.68. The van der Waals surface area contributed by atoms with Crippen LogP contribution in [0.5, 0.6) is 11.5 Å². The fraction of sp³-hybridized carbons (Fsp3) is 0.385. The fourth-order valence-electron chi connectivity index (χ4n) is 2.21. The van der Waals surface area contributed by atoms with Crippen molar-refractivity contribution >= 4 is 12.1 Å². The van der Waals surface area contributed by atoms with Crippen molar-refractivity contribution in [3.63, 3.8) is 0 Å². The van der Waals surface area contributed by atoms with Crippen molar-refractivity contribution in [3.05, 3.63) is 23.8 Å². The van der Waals surface area contributed by atoms with Gasteiger partial charge in [-0.3, -0.25) is 10.3 Å². The number of amides is 1. The fourth-order valence-corrected chi connectivity index (χ4v) is 2.21. The lowest BCUT2D eigenvalue weighted by Crippen LogP contribution is -2.42. The Morgan fingerprint density at radius 3 is 2.90 bits per heavy atom. The predicted octanol–water partition coefficient (Wildman–Crippen LogP) is 1.19. The summed E-state index contributed by atoms with van der Waals surface area (Å²) in [6, 6.07) is 4.26. The molecule has 0 saturated heterocycles. The molecule has 108 valence electrons. The summed E-state index contributed by atoms with van der Waals surface area (Å²) < 4.78 is 4.55. The molecule has 2 rings (SSSR count). The van der Waals surface area contributed by atoms with Crippen LogP contribution in [0.1, 0.15) is 18.5 Å². The van der Waals surface area contributed by atoms with Crippen molar-refractivity contribution in [3.8, 4) is 11.5 Å². The summed E-state index contributed by atoms with van der Waals surface area (Å²) in [4.78, 5) is 17.4. The molecule has 7 nitrogen and oxygen atoms in total. The summed E-state index contributed by atoms with van der Waals surface area (Å²) in [6.07, 6.45) is -0.585. The number of aromatic hydroxyl groups is 2. The Morgan fingerprint density at radius 1 is 1.55 bits per heavy atom. The number of ether oxygens (including phenoxy) is 1. The molecule has 1 atom stereocenters. The number of alkyl carbamates (subject to hydrolysis) is 1. The number of methoxy groups -OCH3 is 1. The Kier molecular flexibility index (Phi) is 3.97. The summed E-state index contributed by atoms with van der Waals surface area (Å²) in [7, 11) is 1.28. The minimum atomic E-state index is -0.585. The molecule has 0 fully saturated rings. The molecule has 20 heavy (non-hydrogen) atoms. The number of nitrogens with one attached hydrogen (secondary N) is 1. The predicted molar refractivity (Wildman–Crippen MR) is 72.7 cm³/mol. The van der Waals surface area contributed by atoms with Crippen molar-refractivity contribution < 1.29 is 19.7 Å². The van der Waals surface area contributed by atoms with Gasteiger partial charge in [-0.15, -0.1) is 0 Å². The van der Waals surface area contributed by atoms with Gasteiger partial charge >= 0.3 is 6.09 Å². The van der Waals surface area contributed by atoms with Crippen LogP contribution >= 0.6 is 0 Å². The number of nitrogens with zero attached hydrogens (tertiary/aromatic N) is 2. The molecule has 0 bridgehead atoms. The van der Waals surface area contributed by atoms with Crippen LogP contribution in [0.25, 0.3) is 0 Å². The number of rotatable bonds is 2. The van der Waals surface area contributed by atoms with Gasteiger partial charge in [-0.25, -0.2) is 4.79 Å². The summed E-state index contributed by atoms with van der Waals surface area (Å²) in [5, 5.41) is 21.8. The van der Waals surface area contributed by atoms with Crippen molar-refractivity contribution in [2.24, 2.45) is 4.99 Å². The molecule has 1 aromatic carbocycles. The Balaban J connectivity index is 2.21. The van der Waals surface area contributed by atoms with E-state index in [0.717, 1.165) is 0 Å². The van der Waals surface area contributed by atoms with Gasteiger partial charge < -0.3 is 19.8 Å². The van der Waals surface area contributed by atoms with Crippen LogP contribution in [0.3, 0.4) is 0 Å². The number of hydrogen-bond donors (Lipinski definition) is 3. The molecular weight excluding hydrogens is 262 g/mol. The van der Waals surface area contributed by atoms with Crippen LogP contribution in [-0.4, -0.2) is 47.4 Å². The van der Waals surface area contributed by atoms with Gasteiger partial charge in [0.1, 0.15) is 11.5 Å². The van der Waals surface area contributed by atoms with Crippen LogP contribution < -0.4 is 5.32 Å². The first kappa shape index (κ1) is 14.0. The third kappa shape index (κ3) is 2.61. The quantitative estimate of drug-likeness (QED) is 0.756. The first-order valence-electron chi connectivity index (χ1n) is 6.24. The van der Waals surface area contributed by atoms with Gasteiger partial charge in [0, 0.05) is 18.2 Å². The molecule has 3 N–H and O–H groups in total. The van der Waals surface area contributed by atoms with E-state index in [1.807, 2.05) is 11.8 Å². The molecule has 1 aromatic rings. The maximum Gasteiger partial charge on any atom is 0.413 e. The van der Waals surface area contributed by atoms with Crippen molar-refractivity contribution in [1.82, 2.24) is 10.2 Å². The Morgan fingerprint density at radius 2 is 2.30 bits per heavy atom. The first-order valence-corrected chi connectivity index (χ1v) is 6.24. The summed E-state index contributed by atoms with van der Waals surface area (Å²) in [5.41, 5.74) is 0.648. The molecule has 1 amide bonds. The van der Waals surface area contributed by atoms with Gasteiger partial charge in [0.2, 0.25) is 5.96 Å². The monoisotopic (exact) mass is 279 g/mol. The molecular formula is C13H17N3O4. The van der Waals surface area contributed by atoms with E-state index >= 15 is 0 Å². The number of phenolic OH excluding ortho intramolecular Hbond substituents is 2. The Labute approximate surface area is 116 Å². The second-order valence-corrected chi connectivity index (χ2v) is 4.33. The number of carbonyl (C=O) groups is 1. The number of hydrogen-bond acceptors (Lipinski definition) is 6. The number of carbonyl (C=O) groups excluding carboxylic acids is 1. The lowest BCUT2D eigenvalue weighted by Gasteiger charge is -2.27. The number of phenols is 2. The SMILES string of the molecule is CCN1C(NC(=O)OC)=NCC1c1ccc(O)cc1O. The van der Waals surface area contributed by atoms with E-state index in [2.05, 4.69) is 15.0 Å². The average molecular weight is 279 g/mol. The largest absolute Gasteiger partial charge is 0.508 e. The molecule has 1 aliphatic heterocycles. The molecule has 0 aliphatic carbocycles. The second-order valence-electron chi connectivity index (χ2n) is 4.33. The third-order valence-corrected chi connectivity index (χ3v) is 3.18. The number of benzene rings is 1. The van der Waals surface area contributed by atoms with Gasteiger partial charge in [0.05, 0.1) is 19.7 Å². The normalized spacial score (nSPS) is 17.8. The molecule has 1 aliphatic rings. The topological polar surface area (TPSA) is 94.4 Å². The highest BCUT2D eigenvalue weighted by Gasteiger charge is 2.30. The van der Waals surface area contributed by atoms with Gasteiger partial charge in [-0.05, 0) is 19.1 Å². The zero-order chi connectivity index (χ0) is 14.7. The van der Waals surface area contributed by atoms with E-state index < -0.39 is 6.09 Å². The maximum atomic E-state index is 11.3. The molecule has 1 unspecified atom stereocenters. The Hall–Kier alpha value is -2.44. The van der Waals surface area contributed by atoms with E-state index in [1.165, 1.54) is 19.2 Å². The zero-order valence-corrected chi connectivity index (χ0v) is 11.3. The average Bonchev–Trinajstić information content (AvgIpc) is 2.81. The van der Waals surface area contributed by atoms with Gasteiger partial charge in [-0.1, -0.05) is 0 Å². The molecule has 7 heteroatoms. The first-order chi connectivity index (χ1) is 9.56. The molecule has 0 saturated carbocycles. The van der Waals surface area contributed by atoms with Gasteiger partial charge in [0.25, 0.3) is 0 Å². The van der Waals surface area contributed by atoms with Crippen LogP contribution in [0.15, 0.2) is 23.2 Å². The zero-order valence-electron chi connectivity index (χ0n) is 11.3. The summed E-state index contributed by atoms with van der Waals surface area (Å²) >= 11 is 0. The van der Waals surface area contributed by atoms with Gasteiger partial charge in [-0.2, -0.15) is 0 Å². The molecule has 1 heterocycles. The van der Waals surface area contributed by atoms with Gasteiger partial charge in [0.15, 0.2) is 0 Å². The van der Waals surface area contributed by atoms with E-state index in [-0.39, 0.29) is 17.5 Å². The number of likely N-dealkylation sites (N-methyl/N-ethyl adjacent to an activating group) is 1. The highest BCUT2D eigenvalue weighted by molar-refractivity contribution is 5.95. The van der Waals surface area contributed by atoms with Crippen molar-refractivity contribution in [2.45, 2.75) is 13.0 Å². The van der Waals surface area contributed by atoms with E-state index in [1.54, 1.807) is 6.07 Å². The molecule has 0 radical (unpaired) electrons. The number of guanidine groups is 1. The van der Waals surface area contributed by atoms with Crippen LogP contribution in [-0.2, 0) is 4.74 Å².